The first kappa shape index (κ1) is 21.4. The van der Waals surface area contributed by atoms with Gasteiger partial charge in [0.2, 0.25) is 5.88 Å². The van der Waals surface area contributed by atoms with E-state index in [1.54, 1.807) is 7.11 Å². The van der Waals surface area contributed by atoms with E-state index in [9.17, 15) is 0 Å². The van der Waals surface area contributed by atoms with Crippen molar-refractivity contribution < 1.29 is 14.0 Å². The summed E-state index contributed by atoms with van der Waals surface area (Å²) < 4.78 is 12.7. The van der Waals surface area contributed by atoms with E-state index in [4.69, 9.17) is 9.47 Å². The van der Waals surface area contributed by atoms with Gasteiger partial charge in [0.05, 0.1) is 49.7 Å². The van der Waals surface area contributed by atoms with Crippen LogP contribution in [0.5, 0.6) is 11.6 Å². The number of hydrogen-bond acceptors (Lipinski definition) is 4. The molecule has 27 heavy (non-hydrogen) atoms. The van der Waals surface area contributed by atoms with E-state index in [1.165, 1.54) is 5.56 Å². The van der Waals surface area contributed by atoms with E-state index in [-0.39, 0.29) is 0 Å². The molecule has 1 heterocycles. The van der Waals surface area contributed by atoms with Gasteiger partial charge in [-0.1, -0.05) is 12.1 Å². The minimum Gasteiger partial charge on any atom is -0.497 e. The molecule has 0 aliphatic carbocycles. The van der Waals surface area contributed by atoms with Gasteiger partial charge < -0.3 is 9.47 Å². The van der Waals surface area contributed by atoms with E-state index >= 15 is 0 Å². The maximum Gasteiger partial charge on any atom is 0.228 e. The third kappa shape index (κ3) is 6.04. The Labute approximate surface area is 170 Å². The van der Waals surface area contributed by atoms with Gasteiger partial charge in [-0.15, -0.1) is 0 Å². The van der Waals surface area contributed by atoms with Crippen molar-refractivity contribution in [2.45, 2.75) is 27.2 Å². The van der Waals surface area contributed by atoms with Crippen molar-refractivity contribution in [3.63, 3.8) is 0 Å². The molecule has 2 aromatic rings. The van der Waals surface area contributed by atoms with Gasteiger partial charge in [0.1, 0.15) is 5.75 Å². The largest absolute Gasteiger partial charge is 0.497 e. The van der Waals surface area contributed by atoms with Gasteiger partial charge in [-0.3, -0.25) is 4.48 Å². The summed E-state index contributed by atoms with van der Waals surface area (Å²) >= 11 is 3.56. The predicted octanol–water partition coefficient (Wildman–Crippen LogP) is 4.93. The Morgan fingerprint density at radius 2 is 1.85 bits per heavy atom. The molecule has 6 heteroatoms. The van der Waals surface area contributed by atoms with Crippen molar-refractivity contribution in [1.82, 2.24) is 4.98 Å². The number of aliphatic imine (C=N–C) groups is 1. The highest BCUT2D eigenvalue weighted by Crippen LogP contribution is 2.30. The van der Waals surface area contributed by atoms with Gasteiger partial charge in [0.25, 0.3) is 0 Å². The van der Waals surface area contributed by atoms with Crippen LogP contribution in [-0.4, -0.2) is 49.7 Å². The van der Waals surface area contributed by atoms with Crippen LogP contribution in [0.25, 0.3) is 0 Å². The molecule has 1 aromatic heterocycles. The number of aromatic nitrogens is 1. The molecule has 0 bridgehead atoms. The molecule has 0 radical (unpaired) electrons. The molecular formula is C21H29BrN3O2+. The van der Waals surface area contributed by atoms with Crippen molar-refractivity contribution in [2.75, 3.05) is 33.9 Å². The van der Waals surface area contributed by atoms with Crippen LogP contribution in [-0.2, 0) is 6.42 Å². The molecule has 0 aliphatic rings. The molecule has 146 valence electrons. The monoisotopic (exact) mass is 434 g/mol. The average molecular weight is 435 g/mol. The minimum atomic E-state index is 0.556. The number of hydrogen-bond donors (Lipinski definition) is 0. The van der Waals surface area contributed by atoms with Gasteiger partial charge in [0.15, 0.2) is 6.34 Å². The average Bonchev–Trinajstić information content (AvgIpc) is 2.69. The summed E-state index contributed by atoms with van der Waals surface area (Å²) in [6.07, 6.45) is 2.79. The molecule has 0 unspecified atom stereocenters. The third-order valence-corrected chi connectivity index (χ3v) is 5.38. The van der Waals surface area contributed by atoms with Crippen LogP contribution >= 0.6 is 15.9 Å². The quantitative estimate of drug-likeness (QED) is 0.319. The summed E-state index contributed by atoms with van der Waals surface area (Å²) in [6, 6.07) is 9.98. The molecule has 0 spiro atoms. The number of ether oxygens (including phenoxy) is 2. The van der Waals surface area contributed by atoms with Crippen molar-refractivity contribution >= 4 is 28.0 Å². The molecule has 5 nitrogen and oxygen atoms in total. The van der Waals surface area contributed by atoms with Crippen molar-refractivity contribution in [3.8, 4) is 11.6 Å². The summed E-state index contributed by atoms with van der Waals surface area (Å²) in [4.78, 5) is 9.23. The summed E-state index contributed by atoms with van der Waals surface area (Å²) in [5.41, 5.74) is 2.91. The molecule has 0 saturated carbocycles. The Balaban J connectivity index is 2.02. The van der Waals surface area contributed by atoms with Crippen LogP contribution < -0.4 is 9.47 Å². The second-order valence-electron chi connectivity index (χ2n) is 6.68. The normalized spacial score (nSPS) is 11.8. The van der Waals surface area contributed by atoms with Crippen LogP contribution in [0.2, 0.25) is 0 Å². The van der Waals surface area contributed by atoms with Crippen LogP contribution in [0.1, 0.15) is 25.1 Å². The standard InChI is InChI=1S/C21H29BrN3O2/c1-6-25(4,7-2)15-23-20-14-19(22)21(24-16(20)3)27-13-12-17-8-10-18(26-5)11-9-17/h8-11,14-15H,6-7,12-13H2,1-5H3/q+1. The first-order valence-electron chi connectivity index (χ1n) is 9.23. The molecule has 0 amide bonds. The van der Waals surface area contributed by atoms with Crippen LogP contribution in [0, 0.1) is 6.92 Å². The minimum absolute atomic E-state index is 0.556. The Morgan fingerprint density at radius 1 is 1.19 bits per heavy atom. The zero-order valence-corrected chi connectivity index (χ0v) is 18.4. The number of pyridine rings is 1. The Bertz CT molecular complexity index is 772. The Kier molecular flexibility index (Phi) is 7.80. The molecule has 0 N–H and O–H groups in total. The van der Waals surface area contributed by atoms with Gasteiger partial charge in [-0.2, -0.15) is 0 Å². The van der Waals surface area contributed by atoms with Crippen molar-refractivity contribution in [1.29, 1.82) is 0 Å². The molecule has 0 aliphatic heterocycles. The predicted molar refractivity (Wildman–Crippen MR) is 114 cm³/mol. The molecule has 2 rings (SSSR count). The maximum atomic E-state index is 5.88. The SMILES string of the molecule is CC[N+](C)(C=Nc1cc(Br)c(OCCc2ccc(OC)cc2)nc1C)CC. The lowest BCUT2D eigenvalue weighted by Gasteiger charge is -2.25. The molecule has 0 atom stereocenters. The fraction of sp³-hybridized carbons (Fsp3) is 0.429. The first-order chi connectivity index (χ1) is 12.9. The smallest absolute Gasteiger partial charge is 0.228 e. The number of halogens is 1. The number of quaternary nitrogens is 1. The topological polar surface area (TPSA) is 43.7 Å². The van der Waals surface area contributed by atoms with E-state index in [1.807, 2.05) is 43.6 Å². The fourth-order valence-corrected chi connectivity index (χ4v) is 2.85. The molecule has 0 saturated heterocycles. The van der Waals surface area contributed by atoms with Gasteiger partial charge >= 0.3 is 0 Å². The molecular weight excluding hydrogens is 406 g/mol. The molecule has 1 aromatic carbocycles. The number of nitrogens with zero attached hydrogens (tertiary/aromatic N) is 3. The van der Waals surface area contributed by atoms with Crippen LogP contribution in [0.3, 0.4) is 0 Å². The van der Waals surface area contributed by atoms with E-state index in [0.29, 0.717) is 12.5 Å². The summed E-state index contributed by atoms with van der Waals surface area (Å²) in [5, 5.41) is 0. The third-order valence-electron chi connectivity index (χ3n) is 4.82. The summed E-state index contributed by atoms with van der Waals surface area (Å²) in [6.45, 7) is 8.84. The number of methoxy groups -OCH3 is 1. The lowest BCUT2D eigenvalue weighted by Crippen LogP contribution is -2.41. The highest BCUT2D eigenvalue weighted by atomic mass is 79.9. The number of rotatable bonds is 9. The first-order valence-corrected chi connectivity index (χ1v) is 10.0. The zero-order valence-electron chi connectivity index (χ0n) is 16.8. The highest BCUT2D eigenvalue weighted by molar-refractivity contribution is 9.10. The van der Waals surface area contributed by atoms with Crippen molar-refractivity contribution in [3.05, 3.63) is 46.1 Å². The summed E-state index contributed by atoms with van der Waals surface area (Å²) in [5.74, 6) is 1.46. The number of aryl methyl sites for hydroxylation is 1. The van der Waals surface area contributed by atoms with E-state index in [2.05, 4.69) is 46.8 Å². The second-order valence-corrected chi connectivity index (χ2v) is 7.54. The van der Waals surface area contributed by atoms with Gasteiger partial charge in [0, 0.05) is 6.42 Å². The lowest BCUT2D eigenvalue weighted by molar-refractivity contribution is -0.810. The van der Waals surface area contributed by atoms with E-state index in [0.717, 1.165) is 45.6 Å². The highest BCUT2D eigenvalue weighted by Gasteiger charge is 2.14. The molecule has 0 fully saturated rings. The van der Waals surface area contributed by atoms with Gasteiger partial charge in [-0.05, 0) is 60.5 Å². The summed E-state index contributed by atoms with van der Waals surface area (Å²) in [7, 11) is 3.83. The van der Waals surface area contributed by atoms with Crippen LogP contribution in [0.15, 0.2) is 39.8 Å². The maximum absolute atomic E-state index is 5.88. The number of benzene rings is 1. The van der Waals surface area contributed by atoms with E-state index < -0.39 is 0 Å². The second kappa shape index (κ2) is 9.85. The fourth-order valence-electron chi connectivity index (χ4n) is 2.43. The zero-order chi connectivity index (χ0) is 19.9. The van der Waals surface area contributed by atoms with Crippen molar-refractivity contribution in [2.24, 2.45) is 4.99 Å². The van der Waals surface area contributed by atoms with Gasteiger partial charge in [-0.25, -0.2) is 9.98 Å². The van der Waals surface area contributed by atoms with Crippen LogP contribution in [0.4, 0.5) is 5.69 Å². The lowest BCUT2D eigenvalue weighted by atomic mass is 10.1. The Hall–Kier alpha value is -1.92. The Morgan fingerprint density at radius 3 is 2.44 bits per heavy atom.